The number of oxazole rings is 1. The topological polar surface area (TPSA) is 73.3 Å². The standard InChI is InChI=1S/C24H23ClN4O3/c1-27-19-5-2-3-6-20(19)29(24(27)31)15-22(30)28-12-4-7-21(28)23-26-14-18(32-23)13-16-8-10-17(25)11-9-16/h2-3,5-6,8-11,14,21H,4,7,12-13,15H2,1H3/t21-/m1/s1. The number of aromatic nitrogens is 3. The van der Waals surface area contributed by atoms with Gasteiger partial charge in [-0.05, 0) is 42.7 Å². The van der Waals surface area contributed by atoms with E-state index in [2.05, 4.69) is 4.98 Å². The number of fused-ring (bicyclic) bond motifs is 1. The van der Waals surface area contributed by atoms with Crippen LogP contribution in [0.3, 0.4) is 0 Å². The maximum Gasteiger partial charge on any atom is 0.329 e. The smallest absolute Gasteiger partial charge is 0.329 e. The van der Waals surface area contributed by atoms with E-state index in [0.717, 1.165) is 35.2 Å². The predicted octanol–water partition coefficient (Wildman–Crippen LogP) is 3.94. The van der Waals surface area contributed by atoms with Crippen molar-refractivity contribution in [1.82, 2.24) is 19.0 Å². The molecule has 8 heteroatoms. The van der Waals surface area contributed by atoms with E-state index in [0.29, 0.717) is 23.9 Å². The molecule has 3 heterocycles. The summed E-state index contributed by atoms with van der Waals surface area (Å²) in [6.45, 7) is 0.618. The van der Waals surface area contributed by atoms with Crippen molar-refractivity contribution in [2.75, 3.05) is 6.54 Å². The molecule has 0 N–H and O–H groups in total. The first-order chi connectivity index (χ1) is 15.5. The summed E-state index contributed by atoms with van der Waals surface area (Å²) in [7, 11) is 1.72. The average molecular weight is 451 g/mol. The van der Waals surface area contributed by atoms with Gasteiger partial charge >= 0.3 is 5.69 Å². The number of aryl methyl sites for hydroxylation is 1. The van der Waals surface area contributed by atoms with E-state index in [1.165, 1.54) is 4.57 Å². The SMILES string of the molecule is Cn1c(=O)n(CC(=O)N2CCC[C@@H]2c2ncc(Cc3ccc(Cl)cc3)o2)c2ccccc21. The van der Waals surface area contributed by atoms with Crippen LogP contribution in [0.5, 0.6) is 0 Å². The monoisotopic (exact) mass is 450 g/mol. The van der Waals surface area contributed by atoms with Gasteiger partial charge in [0, 0.05) is 25.0 Å². The van der Waals surface area contributed by atoms with E-state index >= 15 is 0 Å². The molecule has 2 aromatic heterocycles. The Morgan fingerprint density at radius 2 is 1.91 bits per heavy atom. The molecule has 0 radical (unpaired) electrons. The van der Waals surface area contributed by atoms with Crippen molar-refractivity contribution < 1.29 is 9.21 Å². The molecule has 164 valence electrons. The van der Waals surface area contributed by atoms with Gasteiger partial charge in [0.1, 0.15) is 18.3 Å². The third-order valence-electron chi connectivity index (χ3n) is 6.07. The molecule has 5 rings (SSSR count). The number of amides is 1. The Morgan fingerprint density at radius 3 is 2.69 bits per heavy atom. The van der Waals surface area contributed by atoms with E-state index in [-0.39, 0.29) is 24.2 Å². The molecule has 0 unspecified atom stereocenters. The van der Waals surface area contributed by atoms with Gasteiger partial charge in [0.05, 0.1) is 17.2 Å². The second kappa shape index (κ2) is 8.31. The van der Waals surface area contributed by atoms with Gasteiger partial charge in [-0.2, -0.15) is 0 Å². The number of benzene rings is 2. The van der Waals surface area contributed by atoms with Crippen LogP contribution in [0.4, 0.5) is 0 Å². The van der Waals surface area contributed by atoms with E-state index in [9.17, 15) is 9.59 Å². The highest BCUT2D eigenvalue weighted by molar-refractivity contribution is 6.30. The summed E-state index contributed by atoms with van der Waals surface area (Å²) in [4.78, 5) is 32.2. The van der Waals surface area contributed by atoms with Gasteiger partial charge in [-0.1, -0.05) is 35.9 Å². The van der Waals surface area contributed by atoms with Crippen molar-refractivity contribution in [3.8, 4) is 0 Å². The Bertz CT molecular complexity index is 1340. The number of hydrogen-bond acceptors (Lipinski definition) is 4. The van der Waals surface area contributed by atoms with Crippen molar-refractivity contribution in [1.29, 1.82) is 0 Å². The minimum atomic E-state index is -0.216. The molecular weight excluding hydrogens is 428 g/mol. The molecule has 32 heavy (non-hydrogen) atoms. The van der Waals surface area contributed by atoms with Gasteiger partial charge in [0.25, 0.3) is 0 Å². The summed E-state index contributed by atoms with van der Waals surface area (Å²) in [5, 5.41) is 0.692. The summed E-state index contributed by atoms with van der Waals surface area (Å²) in [6, 6.07) is 14.9. The zero-order chi connectivity index (χ0) is 22.2. The van der Waals surface area contributed by atoms with Gasteiger partial charge in [-0.25, -0.2) is 9.78 Å². The van der Waals surface area contributed by atoms with Gasteiger partial charge in [0.2, 0.25) is 11.8 Å². The molecule has 7 nitrogen and oxygen atoms in total. The number of nitrogens with zero attached hydrogens (tertiary/aromatic N) is 4. The maximum absolute atomic E-state index is 13.2. The summed E-state index contributed by atoms with van der Waals surface area (Å²) in [6.07, 6.45) is 3.99. The van der Waals surface area contributed by atoms with Crippen molar-refractivity contribution in [2.45, 2.75) is 31.8 Å². The molecule has 1 amide bonds. The maximum atomic E-state index is 13.2. The molecule has 2 aromatic carbocycles. The van der Waals surface area contributed by atoms with Gasteiger partial charge in [-0.15, -0.1) is 0 Å². The highest BCUT2D eigenvalue weighted by Crippen LogP contribution is 2.32. The average Bonchev–Trinajstić information content (AvgIpc) is 3.51. The first-order valence-electron chi connectivity index (χ1n) is 10.6. The summed E-state index contributed by atoms with van der Waals surface area (Å²) in [5.41, 5.74) is 2.44. The molecule has 0 aliphatic carbocycles. The molecule has 0 saturated carbocycles. The minimum absolute atomic E-state index is 0.00493. The van der Waals surface area contributed by atoms with Crippen LogP contribution in [0.15, 0.2) is 63.9 Å². The van der Waals surface area contributed by atoms with Crippen LogP contribution >= 0.6 is 11.6 Å². The quantitative estimate of drug-likeness (QED) is 0.461. The number of carbonyl (C=O) groups is 1. The Kier molecular flexibility index (Phi) is 5.35. The third-order valence-corrected chi connectivity index (χ3v) is 6.32. The van der Waals surface area contributed by atoms with Crippen molar-refractivity contribution in [3.63, 3.8) is 0 Å². The Balaban J connectivity index is 1.35. The lowest BCUT2D eigenvalue weighted by atomic mass is 10.1. The number of carbonyl (C=O) groups excluding carboxylic acids is 1. The van der Waals surface area contributed by atoms with Crippen molar-refractivity contribution in [3.05, 3.63) is 87.4 Å². The third kappa shape index (κ3) is 3.73. The van der Waals surface area contributed by atoms with Crippen molar-refractivity contribution in [2.24, 2.45) is 7.05 Å². The lowest BCUT2D eigenvalue weighted by molar-refractivity contribution is -0.133. The minimum Gasteiger partial charge on any atom is -0.443 e. The lowest BCUT2D eigenvalue weighted by Gasteiger charge is -2.22. The molecule has 4 aromatic rings. The van der Waals surface area contributed by atoms with Crippen LogP contribution in [-0.4, -0.2) is 31.5 Å². The molecule has 0 bridgehead atoms. The Labute approximate surface area is 189 Å². The number of rotatable bonds is 5. The lowest BCUT2D eigenvalue weighted by Crippen LogP contribution is -2.36. The predicted molar refractivity (Wildman–Crippen MR) is 122 cm³/mol. The summed E-state index contributed by atoms with van der Waals surface area (Å²) in [5.74, 6) is 1.18. The molecule has 1 aliphatic rings. The van der Waals surface area contributed by atoms with Gasteiger partial charge in [-0.3, -0.25) is 13.9 Å². The zero-order valence-corrected chi connectivity index (χ0v) is 18.5. The van der Waals surface area contributed by atoms with E-state index in [4.69, 9.17) is 16.0 Å². The van der Waals surface area contributed by atoms with E-state index < -0.39 is 0 Å². The molecule has 0 spiro atoms. The Morgan fingerprint density at radius 1 is 1.16 bits per heavy atom. The van der Waals surface area contributed by atoms with Crippen LogP contribution in [0.1, 0.15) is 36.1 Å². The normalized spacial score (nSPS) is 16.2. The van der Waals surface area contributed by atoms with Gasteiger partial charge in [0.15, 0.2) is 0 Å². The zero-order valence-electron chi connectivity index (χ0n) is 17.7. The highest BCUT2D eigenvalue weighted by Gasteiger charge is 2.33. The molecule has 1 atom stereocenters. The van der Waals surface area contributed by atoms with E-state index in [1.54, 1.807) is 22.7 Å². The van der Waals surface area contributed by atoms with Crippen LogP contribution < -0.4 is 5.69 Å². The summed E-state index contributed by atoms with van der Waals surface area (Å²) >= 11 is 5.96. The van der Waals surface area contributed by atoms with Crippen molar-refractivity contribution >= 4 is 28.5 Å². The fraction of sp³-hybridized carbons (Fsp3) is 0.292. The number of para-hydroxylation sites is 2. The van der Waals surface area contributed by atoms with Crippen LogP contribution in [0.25, 0.3) is 11.0 Å². The first-order valence-corrected chi connectivity index (χ1v) is 11.0. The second-order valence-corrected chi connectivity index (χ2v) is 8.57. The second-order valence-electron chi connectivity index (χ2n) is 8.13. The van der Waals surface area contributed by atoms with E-state index in [1.807, 2.05) is 48.5 Å². The largest absolute Gasteiger partial charge is 0.443 e. The number of hydrogen-bond donors (Lipinski definition) is 0. The first kappa shape index (κ1) is 20.6. The van der Waals surface area contributed by atoms with Crippen LogP contribution in [0.2, 0.25) is 5.02 Å². The molecular formula is C24H23ClN4O3. The molecule has 1 saturated heterocycles. The van der Waals surface area contributed by atoms with Crippen LogP contribution in [0, 0.1) is 0 Å². The molecule has 1 aliphatic heterocycles. The number of halogens is 1. The number of likely N-dealkylation sites (tertiary alicyclic amines) is 1. The fourth-order valence-electron chi connectivity index (χ4n) is 4.43. The fourth-order valence-corrected chi connectivity index (χ4v) is 4.55. The molecule has 1 fully saturated rings. The number of imidazole rings is 1. The van der Waals surface area contributed by atoms with Gasteiger partial charge < -0.3 is 9.32 Å². The summed E-state index contributed by atoms with van der Waals surface area (Å²) < 4.78 is 9.13. The Hall–Kier alpha value is -3.32. The highest BCUT2D eigenvalue weighted by atomic mass is 35.5. The van der Waals surface area contributed by atoms with Crippen LogP contribution in [-0.2, 0) is 24.8 Å².